The van der Waals surface area contributed by atoms with Crippen LogP contribution in [0.25, 0.3) is 10.9 Å². The molecule has 2 heterocycles. The summed E-state index contributed by atoms with van der Waals surface area (Å²) >= 11 is 0. The van der Waals surface area contributed by atoms with Crippen LogP contribution < -0.4 is 0 Å². The molecule has 5 heteroatoms. The van der Waals surface area contributed by atoms with Gasteiger partial charge < -0.3 is 32.3 Å². The molecule has 1 N–H and O–H groups in total. The van der Waals surface area contributed by atoms with Crippen LogP contribution in [0, 0.1) is 50.4 Å². The molecule has 0 amide bonds. The van der Waals surface area contributed by atoms with E-state index in [4.69, 9.17) is 0 Å². The normalized spacial score (nSPS) is 29.1. The Bertz CT molecular complexity index is 847. The number of hydrogen-bond donors (Lipinski definition) is 1. The van der Waals surface area contributed by atoms with Gasteiger partial charge in [-0.1, -0.05) is 32.1 Å². The van der Waals surface area contributed by atoms with E-state index in [1.165, 1.54) is 25.7 Å². The van der Waals surface area contributed by atoms with Crippen LogP contribution in [0.15, 0.2) is 24.7 Å². The van der Waals surface area contributed by atoms with Crippen molar-refractivity contribution in [2.24, 2.45) is 23.2 Å². The molecule has 4 rings (SSSR count). The minimum absolute atomic E-state index is 0. The fourth-order valence-corrected chi connectivity index (χ4v) is 6.29. The fourth-order valence-electron chi connectivity index (χ4n) is 6.29. The monoisotopic (exact) mass is 491 g/mol. The molecule has 5 unspecified atom stereocenters. The average Bonchev–Trinajstić information content (AvgIpc) is 2.78. The predicted octanol–water partition coefficient (Wildman–Crippen LogP) is 6.40. The Labute approximate surface area is 212 Å². The molecule has 0 bridgehead atoms. The summed E-state index contributed by atoms with van der Waals surface area (Å²) in [4.78, 5) is 13.2. The second kappa shape index (κ2) is 13.2. The van der Waals surface area contributed by atoms with Crippen molar-refractivity contribution in [2.45, 2.75) is 83.7 Å². The summed E-state index contributed by atoms with van der Waals surface area (Å²) in [5.41, 5.74) is 1.35. The molecule has 2 saturated carbocycles. The van der Waals surface area contributed by atoms with Crippen molar-refractivity contribution in [3.8, 4) is 0 Å². The van der Waals surface area contributed by atoms with Crippen molar-refractivity contribution in [3.05, 3.63) is 57.7 Å². The summed E-state index contributed by atoms with van der Waals surface area (Å²) in [6.07, 6.45) is 22.5. The van der Waals surface area contributed by atoms with Gasteiger partial charge in [0.05, 0.1) is 5.52 Å². The third-order valence-corrected chi connectivity index (χ3v) is 8.09. The third kappa shape index (κ3) is 6.55. The van der Waals surface area contributed by atoms with Crippen LogP contribution in [0.5, 0.6) is 0 Å². The third-order valence-electron chi connectivity index (χ3n) is 8.09. The largest absolute Gasteiger partial charge is 4.00 e. The quantitative estimate of drug-likeness (QED) is 0.251. The second-order valence-electron chi connectivity index (χ2n) is 9.94. The van der Waals surface area contributed by atoms with Crippen LogP contribution in [0.1, 0.15) is 77.0 Å². The summed E-state index contributed by atoms with van der Waals surface area (Å²) in [5, 5.41) is 11.9. The molecule has 2 aromatic rings. The van der Waals surface area contributed by atoms with Gasteiger partial charge in [-0.25, -0.2) is 22.8 Å². The Morgan fingerprint density at radius 3 is 2.88 bits per heavy atom. The Hall–Kier alpha value is -1.03. The zero-order chi connectivity index (χ0) is 21.7. The SMILES string of the molecule is [CH2-]CC1C([CH-]CC[CH-]CCCc2ncc3cnccc3n2)C(O)CC2CCCCC21C.[CH3-].[Fe+4]. The van der Waals surface area contributed by atoms with Gasteiger partial charge in [0, 0.05) is 36.5 Å². The van der Waals surface area contributed by atoms with Gasteiger partial charge in [0.25, 0.3) is 0 Å². The molecule has 0 spiro atoms. The van der Waals surface area contributed by atoms with Crippen LogP contribution in [-0.2, 0) is 23.5 Å². The number of unbranched alkanes of at least 4 members (excludes halogenated alkanes) is 4. The zero-order valence-electron chi connectivity index (χ0n) is 20.4. The van der Waals surface area contributed by atoms with Crippen molar-refractivity contribution in [2.75, 3.05) is 0 Å². The van der Waals surface area contributed by atoms with Crippen molar-refractivity contribution in [1.29, 1.82) is 0 Å². The van der Waals surface area contributed by atoms with Gasteiger partial charge in [0.15, 0.2) is 0 Å². The summed E-state index contributed by atoms with van der Waals surface area (Å²) in [6.45, 7) is 6.78. The van der Waals surface area contributed by atoms with Gasteiger partial charge in [-0.05, 0) is 36.7 Å². The van der Waals surface area contributed by atoms with Crippen molar-refractivity contribution >= 4 is 10.9 Å². The number of hydrogen-bond acceptors (Lipinski definition) is 4. The Balaban J connectivity index is 0.00000193. The fraction of sp³-hybridized carbons (Fsp3) is 0.607. The molecule has 33 heavy (non-hydrogen) atoms. The van der Waals surface area contributed by atoms with Crippen LogP contribution in [-0.4, -0.2) is 26.2 Å². The topological polar surface area (TPSA) is 58.9 Å². The smallest absolute Gasteiger partial charge is 0.396 e. The van der Waals surface area contributed by atoms with Crippen LogP contribution in [0.4, 0.5) is 0 Å². The predicted molar refractivity (Wildman–Crippen MR) is 132 cm³/mol. The van der Waals surface area contributed by atoms with Crippen LogP contribution >= 0.6 is 0 Å². The Morgan fingerprint density at radius 2 is 2.06 bits per heavy atom. The van der Waals surface area contributed by atoms with E-state index < -0.39 is 0 Å². The molecule has 2 aliphatic rings. The first-order valence-corrected chi connectivity index (χ1v) is 12.3. The maximum atomic E-state index is 10.9. The molecule has 0 aliphatic heterocycles. The summed E-state index contributed by atoms with van der Waals surface area (Å²) < 4.78 is 0. The van der Waals surface area contributed by atoms with E-state index in [9.17, 15) is 5.11 Å². The number of aryl methyl sites for hydroxylation is 1. The van der Waals surface area contributed by atoms with E-state index >= 15 is 0 Å². The standard InChI is InChI=1S/C27H38N3O.CH3.Fe/c1-3-23-22(25(31)17-21-11-9-10-15-27(21,23)2)12-7-5-4-6-8-13-26-29-19-20-18-28-16-14-24(20)30-26;;/h4,12,14,16,18-19,21-23,25,31H,1,3,5-11,13,15,17H2,2H3;1H3;/q-3;-1;+4. The van der Waals surface area contributed by atoms with E-state index in [2.05, 4.69) is 41.6 Å². The first-order valence-electron chi connectivity index (χ1n) is 12.3. The van der Waals surface area contributed by atoms with Crippen LogP contribution in [0.3, 0.4) is 0 Å². The number of aromatic nitrogens is 3. The van der Waals surface area contributed by atoms with E-state index in [0.29, 0.717) is 23.2 Å². The van der Waals surface area contributed by atoms with Crippen molar-refractivity contribution in [3.63, 3.8) is 0 Å². The van der Waals surface area contributed by atoms with E-state index in [-0.39, 0.29) is 30.6 Å². The Morgan fingerprint density at radius 1 is 1.21 bits per heavy atom. The van der Waals surface area contributed by atoms with E-state index in [1.807, 2.05) is 12.3 Å². The second-order valence-corrected chi connectivity index (χ2v) is 9.94. The summed E-state index contributed by atoms with van der Waals surface area (Å²) in [7, 11) is 0. The van der Waals surface area contributed by atoms with Gasteiger partial charge in [-0.15, -0.1) is 5.92 Å². The zero-order valence-corrected chi connectivity index (χ0v) is 21.5. The molecular formula is C28H41FeN3O. The molecule has 2 fully saturated rings. The van der Waals surface area contributed by atoms with Crippen LogP contribution in [0.2, 0.25) is 0 Å². The number of pyridine rings is 1. The number of nitrogens with zero attached hydrogens (tertiary/aromatic N) is 3. The van der Waals surface area contributed by atoms with Gasteiger partial charge in [-0.2, -0.15) is 12.8 Å². The molecule has 0 aromatic carbocycles. The maximum absolute atomic E-state index is 10.9. The van der Waals surface area contributed by atoms with E-state index in [0.717, 1.165) is 61.7 Å². The molecular weight excluding hydrogens is 450 g/mol. The molecule has 5 atom stereocenters. The number of aliphatic hydroxyl groups excluding tert-OH is 1. The minimum atomic E-state index is -0.178. The number of aliphatic hydroxyl groups is 1. The number of rotatable bonds is 9. The minimum Gasteiger partial charge on any atom is -0.396 e. The molecule has 182 valence electrons. The Kier molecular flexibility index (Phi) is 11.3. The molecule has 4 nitrogen and oxygen atoms in total. The van der Waals surface area contributed by atoms with Gasteiger partial charge in [0.2, 0.25) is 0 Å². The molecule has 0 radical (unpaired) electrons. The summed E-state index contributed by atoms with van der Waals surface area (Å²) in [5.74, 6) is 2.44. The first-order chi connectivity index (χ1) is 15.1. The number of fused-ring (bicyclic) bond motifs is 2. The molecule has 2 aromatic heterocycles. The van der Waals surface area contributed by atoms with E-state index in [1.54, 1.807) is 12.4 Å². The maximum Gasteiger partial charge on any atom is 4.00 e. The van der Waals surface area contributed by atoms with Gasteiger partial charge in [-0.3, -0.25) is 4.98 Å². The first kappa shape index (κ1) is 28.2. The molecule has 0 saturated heterocycles. The van der Waals surface area contributed by atoms with Crippen molar-refractivity contribution < 1.29 is 22.2 Å². The van der Waals surface area contributed by atoms with Gasteiger partial charge in [0.1, 0.15) is 5.82 Å². The van der Waals surface area contributed by atoms with Crippen molar-refractivity contribution in [1.82, 2.24) is 15.0 Å². The molecule has 2 aliphatic carbocycles. The average molecular weight is 492 g/mol. The summed E-state index contributed by atoms with van der Waals surface area (Å²) in [6, 6.07) is 1.94. The van der Waals surface area contributed by atoms with Gasteiger partial charge >= 0.3 is 17.1 Å².